The van der Waals surface area contributed by atoms with E-state index in [0.29, 0.717) is 6.42 Å². The Kier molecular flexibility index (Phi) is 6.46. The molecule has 0 aliphatic carbocycles. The summed E-state index contributed by atoms with van der Waals surface area (Å²) in [6, 6.07) is 15.8. The van der Waals surface area contributed by atoms with Gasteiger partial charge in [0.1, 0.15) is 0 Å². The molecule has 0 heterocycles. The Morgan fingerprint density at radius 1 is 1.17 bits per heavy atom. The average Bonchev–Trinajstić information content (AvgIpc) is 2.60. The number of hydrogen-bond donors (Lipinski definition) is 1. The molecule has 0 radical (unpaired) electrons. The minimum Gasteiger partial charge on any atom is -0.477 e. The predicted molar refractivity (Wildman–Crippen MR) is 90.0 cm³/mol. The lowest BCUT2D eigenvalue weighted by Gasteiger charge is -2.05. The number of nitro benzene ring substituents is 1. The van der Waals surface area contributed by atoms with Crippen LogP contribution in [0.3, 0.4) is 0 Å². The molecular weight excluding hydrogens is 310 g/mol. The number of para-hydroxylation sites is 2. The molecule has 1 amide bonds. The topological polar surface area (TPSA) is 93.8 Å². The third-order valence-electron chi connectivity index (χ3n) is 3.11. The lowest BCUT2D eigenvalue weighted by atomic mass is 10.1. The van der Waals surface area contributed by atoms with Crippen molar-refractivity contribution in [3.63, 3.8) is 0 Å². The Balaban J connectivity index is 1.72. The van der Waals surface area contributed by atoms with Crippen molar-refractivity contribution < 1.29 is 14.5 Å². The quantitative estimate of drug-likeness (QED) is 0.458. The molecule has 24 heavy (non-hydrogen) atoms. The van der Waals surface area contributed by atoms with Gasteiger partial charge in [0, 0.05) is 12.3 Å². The van der Waals surface area contributed by atoms with Gasteiger partial charge >= 0.3 is 5.69 Å². The van der Waals surface area contributed by atoms with Crippen LogP contribution in [0.2, 0.25) is 0 Å². The Hall–Kier alpha value is -3.22. The molecule has 124 valence electrons. The zero-order valence-corrected chi connectivity index (χ0v) is 12.9. The number of nitrogens with one attached hydrogen (secondary N) is 1. The van der Waals surface area contributed by atoms with Crippen LogP contribution in [0.5, 0.6) is 5.75 Å². The largest absolute Gasteiger partial charge is 0.477 e. The Bertz CT molecular complexity index is 717. The van der Waals surface area contributed by atoms with Gasteiger partial charge < -0.3 is 4.74 Å². The second-order valence-corrected chi connectivity index (χ2v) is 4.88. The van der Waals surface area contributed by atoms with Crippen LogP contribution >= 0.6 is 0 Å². The van der Waals surface area contributed by atoms with E-state index in [1.165, 1.54) is 23.8 Å². The van der Waals surface area contributed by atoms with Crippen molar-refractivity contribution in [2.24, 2.45) is 5.10 Å². The van der Waals surface area contributed by atoms with Crippen LogP contribution in [0.25, 0.3) is 0 Å². The molecule has 0 bridgehead atoms. The maximum atomic E-state index is 11.6. The maximum Gasteiger partial charge on any atom is 0.310 e. The van der Waals surface area contributed by atoms with E-state index in [2.05, 4.69) is 10.5 Å². The Labute approximate surface area is 139 Å². The molecule has 2 aromatic carbocycles. The molecule has 0 saturated carbocycles. The van der Waals surface area contributed by atoms with E-state index >= 15 is 0 Å². The first-order valence-corrected chi connectivity index (χ1v) is 7.37. The van der Waals surface area contributed by atoms with Crippen LogP contribution in [-0.4, -0.2) is 23.7 Å². The number of nitrogens with zero attached hydrogens (tertiary/aromatic N) is 2. The smallest absolute Gasteiger partial charge is 0.310 e. The van der Waals surface area contributed by atoms with E-state index in [0.717, 1.165) is 6.42 Å². The van der Waals surface area contributed by atoms with Crippen molar-refractivity contribution in [2.45, 2.75) is 12.8 Å². The predicted octanol–water partition coefficient (Wildman–Crippen LogP) is 2.71. The molecule has 0 spiro atoms. The summed E-state index contributed by atoms with van der Waals surface area (Å²) in [5, 5.41) is 14.6. The highest BCUT2D eigenvalue weighted by Gasteiger charge is 2.14. The Morgan fingerprint density at radius 3 is 2.62 bits per heavy atom. The van der Waals surface area contributed by atoms with E-state index in [1.807, 2.05) is 30.3 Å². The van der Waals surface area contributed by atoms with E-state index in [1.54, 1.807) is 12.3 Å². The molecular formula is C17H17N3O4. The van der Waals surface area contributed by atoms with E-state index in [9.17, 15) is 14.9 Å². The molecule has 1 N–H and O–H groups in total. The van der Waals surface area contributed by atoms with Crippen molar-refractivity contribution in [3.05, 3.63) is 70.3 Å². The number of hydrogen-bond acceptors (Lipinski definition) is 5. The van der Waals surface area contributed by atoms with Gasteiger partial charge in [0.15, 0.2) is 12.4 Å². The second kappa shape index (κ2) is 9.04. The van der Waals surface area contributed by atoms with Crippen LogP contribution in [0, 0.1) is 10.1 Å². The third-order valence-corrected chi connectivity index (χ3v) is 3.11. The van der Waals surface area contributed by atoms with Crippen LogP contribution in [0.1, 0.15) is 12.0 Å². The fourth-order valence-corrected chi connectivity index (χ4v) is 1.96. The lowest BCUT2D eigenvalue weighted by Crippen LogP contribution is -2.24. The van der Waals surface area contributed by atoms with Crippen LogP contribution in [0.4, 0.5) is 5.69 Å². The van der Waals surface area contributed by atoms with Gasteiger partial charge in [-0.15, -0.1) is 0 Å². The van der Waals surface area contributed by atoms with Crippen LogP contribution in [-0.2, 0) is 11.2 Å². The number of rotatable bonds is 8. The maximum absolute atomic E-state index is 11.6. The molecule has 0 aromatic heterocycles. The molecule has 0 atom stereocenters. The molecule has 2 rings (SSSR count). The van der Waals surface area contributed by atoms with E-state index in [-0.39, 0.29) is 18.0 Å². The summed E-state index contributed by atoms with van der Waals surface area (Å²) in [5.74, 6) is -0.435. The van der Waals surface area contributed by atoms with Gasteiger partial charge in [0.05, 0.1) is 4.92 Å². The van der Waals surface area contributed by atoms with Gasteiger partial charge in [-0.2, -0.15) is 5.10 Å². The van der Waals surface area contributed by atoms with Crippen molar-refractivity contribution in [1.29, 1.82) is 0 Å². The highest BCUT2D eigenvalue weighted by Crippen LogP contribution is 2.25. The van der Waals surface area contributed by atoms with Gasteiger partial charge in [0.2, 0.25) is 0 Å². The number of carbonyl (C=O) groups is 1. The third kappa shape index (κ3) is 5.53. The van der Waals surface area contributed by atoms with Crippen molar-refractivity contribution >= 4 is 17.8 Å². The molecule has 2 aromatic rings. The number of ether oxygens (including phenoxy) is 1. The van der Waals surface area contributed by atoms with Gasteiger partial charge in [-0.3, -0.25) is 14.9 Å². The van der Waals surface area contributed by atoms with Crippen molar-refractivity contribution in [2.75, 3.05) is 6.61 Å². The molecule has 0 fully saturated rings. The SMILES string of the molecule is O=C(COc1ccccc1[N+](=O)[O-])N/N=C/CCc1ccccc1. The van der Waals surface area contributed by atoms with E-state index < -0.39 is 10.8 Å². The molecule has 7 heteroatoms. The highest BCUT2D eigenvalue weighted by atomic mass is 16.6. The monoisotopic (exact) mass is 327 g/mol. The summed E-state index contributed by atoms with van der Waals surface area (Å²) in [6.07, 6.45) is 3.12. The fourth-order valence-electron chi connectivity index (χ4n) is 1.96. The summed E-state index contributed by atoms with van der Waals surface area (Å²) in [4.78, 5) is 21.9. The number of aryl methyl sites for hydroxylation is 1. The number of hydrazone groups is 1. The zero-order valence-electron chi connectivity index (χ0n) is 12.9. The minimum absolute atomic E-state index is 0.0470. The summed E-state index contributed by atoms with van der Waals surface area (Å²) < 4.78 is 5.16. The number of amides is 1. The van der Waals surface area contributed by atoms with Crippen molar-refractivity contribution in [1.82, 2.24) is 5.43 Å². The van der Waals surface area contributed by atoms with Crippen LogP contribution in [0.15, 0.2) is 59.7 Å². The van der Waals surface area contributed by atoms with Gasteiger partial charge in [-0.25, -0.2) is 5.43 Å². The molecule has 7 nitrogen and oxygen atoms in total. The van der Waals surface area contributed by atoms with Crippen molar-refractivity contribution in [3.8, 4) is 5.75 Å². The van der Waals surface area contributed by atoms with E-state index in [4.69, 9.17) is 4.74 Å². The number of nitro groups is 1. The summed E-state index contributed by atoms with van der Waals surface area (Å²) >= 11 is 0. The number of benzene rings is 2. The standard InChI is InChI=1S/C17H17N3O4/c21-17(13-24-16-11-5-4-10-15(16)20(22)23)19-18-12-6-9-14-7-2-1-3-8-14/h1-5,7-8,10-12H,6,9,13H2,(H,19,21)/b18-12+. The first-order valence-electron chi connectivity index (χ1n) is 7.37. The second-order valence-electron chi connectivity index (χ2n) is 4.88. The molecule has 0 unspecified atom stereocenters. The van der Waals surface area contributed by atoms with Crippen LogP contribution < -0.4 is 10.2 Å². The van der Waals surface area contributed by atoms with Gasteiger partial charge in [-0.1, -0.05) is 42.5 Å². The minimum atomic E-state index is -0.561. The molecule has 0 aliphatic rings. The number of carbonyl (C=O) groups excluding carboxylic acids is 1. The lowest BCUT2D eigenvalue weighted by molar-refractivity contribution is -0.385. The molecule has 0 aliphatic heterocycles. The summed E-state index contributed by atoms with van der Waals surface area (Å²) in [7, 11) is 0. The summed E-state index contributed by atoms with van der Waals surface area (Å²) in [6.45, 7) is -0.346. The molecule has 0 saturated heterocycles. The first-order chi connectivity index (χ1) is 11.7. The normalized spacial score (nSPS) is 10.5. The zero-order chi connectivity index (χ0) is 17.2. The average molecular weight is 327 g/mol. The fraction of sp³-hybridized carbons (Fsp3) is 0.176. The van der Waals surface area contributed by atoms with Gasteiger partial charge in [-0.05, 0) is 24.5 Å². The van der Waals surface area contributed by atoms with Gasteiger partial charge in [0.25, 0.3) is 5.91 Å². The highest BCUT2D eigenvalue weighted by molar-refractivity contribution is 5.78. The first kappa shape index (κ1) is 17.1. The summed E-state index contributed by atoms with van der Waals surface area (Å²) in [5.41, 5.74) is 3.33. The Morgan fingerprint density at radius 2 is 1.88 bits per heavy atom.